The Bertz CT molecular complexity index is 743. The van der Waals surface area contributed by atoms with Crippen molar-refractivity contribution in [1.29, 1.82) is 0 Å². The average Bonchev–Trinajstić information content (AvgIpc) is 2.46. The summed E-state index contributed by atoms with van der Waals surface area (Å²) in [5.74, 6) is 0. The SMILES string of the molecule is CC(C)(C)OC(=O)NC1(c2ccc(C(C)(C)C)cc2)CN(C(=O)OC(C)(C)C)C1. The highest BCUT2D eigenvalue weighted by atomic mass is 16.6. The zero-order valence-corrected chi connectivity index (χ0v) is 19.3. The van der Waals surface area contributed by atoms with Crippen LogP contribution in [0.15, 0.2) is 24.3 Å². The zero-order valence-electron chi connectivity index (χ0n) is 19.3. The van der Waals surface area contributed by atoms with Crippen molar-refractivity contribution in [2.45, 2.75) is 84.5 Å². The van der Waals surface area contributed by atoms with E-state index in [4.69, 9.17) is 9.47 Å². The highest BCUT2D eigenvalue weighted by molar-refractivity contribution is 5.73. The van der Waals surface area contributed by atoms with Gasteiger partial charge in [-0.15, -0.1) is 0 Å². The first-order valence-electron chi connectivity index (χ1n) is 10.1. The molecule has 1 aromatic carbocycles. The van der Waals surface area contributed by atoms with Crippen molar-refractivity contribution >= 4 is 12.2 Å². The van der Waals surface area contributed by atoms with Gasteiger partial charge in [0.05, 0.1) is 13.1 Å². The number of hydrogen-bond donors (Lipinski definition) is 1. The van der Waals surface area contributed by atoms with Crippen molar-refractivity contribution in [3.05, 3.63) is 35.4 Å². The van der Waals surface area contributed by atoms with E-state index < -0.39 is 22.8 Å². The highest BCUT2D eigenvalue weighted by Gasteiger charge is 2.49. The van der Waals surface area contributed by atoms with Crippen LogP contribution in [0.25, 0.3) is 0 Å². The summed E-state index contributed by atoms with van der Waals surface area (Å²) in [5, 5.41) is 3.00. The lowest BCUT2D eigenvalue weighted by Gasteiger charge is -2.50. The molecule has 1 aliphatic heterocycles. The fraction of sp³-hybridized carbons (Fsp3) is 0.652. The lowest BCUT2D eigenvalue weighted by atomic mass is 9.80. The van der Waals surface area contributed by atoms with Crippen LogP contribution in [0.2, 0.25) is 0 Å². The summed E-state index contributed by atoms with van der Waals surface area (Å²) in [7, 11) is 0. The van der Waals surface area contributed by atoms with Gasteiger partial charge in [-0.2, -0.15) is 0 Å². The van der Waals surface area contributed by atoms with E-state index in [0.29, 0.717) is 13.1 Å². The molecule has 0 spiro atoms. The molecule has 6 heteroatoms. The molecule has 0 aliphatic carbocycles. The number of carbonyl (C=O) groups excluding carboxylic acids is 2. The monoisotopic (exact) mass is 404 g/mol. The number of likely N-dealkylation sites (tertiary alicyclic amines) is 1. The van der Waals surface area contributed by atoms with Gasteiger partial charge in [0, 0.05) is 0 Å². The van der Waals surface area contributed by atoms with Gasteiger partial charge in [0.25, 0.3) is 0 Å². The van der Waals surface area contributed by atoms with Crippen LogP contribution in [0.4, 0.5) is 9.59 Å². The van der Waals surface area contributed by atoms with Crippen LogP contribution < -0.4 is 5.32 Å². The molecule has 29 heavy (non-hydrogen) atoms. The summed E-state index contributed by atoms with van der Waals surface area (Å²) in [4.78, 5) is 26.5. The second kappa shape index (κ2) is 7.54. The molecule has 0 radical (unpaired) electrons. The summed E-state index contributed by atoms with van der Waals surface area (Å²) >= 11 is 0. The smallest absolute Gasteiger partial charge is 0.410 e. The van der Waals surface area contributed by atoms with Gasteiger partial charge >= 0.3 is 12.2 Å². The van der Waals surface area contributed by atoms with Crippen molar-refractivity contribution in [2.24, 2.45) is 0 Å². The molecular weight excluding hydrogens is 368 g/mol. The summed E-state index contributed by atoms with van der Waals surface area (Å²) in [6.07, 6.45) is -0.883. The molecule has 162 valence electrons. The Hall–Kier alpha value is -2.24. The van der Waals surface area contributed by atoms with Gasteiger partial charge in [-0.05, 0) is 58.1 Å². The molecule has 1 heterocycles. The molecule has 1 aromatic rings. The Labute approximate surface area is 174 Å². The van der Waals surface area contributed by atoms with E-state index in [9.17, 15) is 9.59 Å². The molecule has 1 saturated heterocycles. The van der Waals surface area contributed by atoms with Gasteiger partial charge in [-0.25, -0.2) is 9.59 Å². The van der Waals surface area contributed by atoms with Crippen LogP contribution in [0.1, 0.15) is 73.4 Å². The summed E-state index contributed by atoms with van der Waals surface area (Å²) in [6.45, 7) is 18.1. The molecule has 1 aliphatic rings. The lowest BCUT2D eigenvalue weighted by molar-refractivity contribution is -0.0230. The van der Waals surface area contributed by atoms with Crippen LogP contribution >= 0.6 is 0 Å². The predicted molar refractivity (Wildman–Crippen MR) is 114 cm³/mol. The maximum Gasteiger partial charge on any atom is 0.410 e. The molecule has 0 atom stereocenters. The Morgan fingerprint density at radius 3 is 1.76 bits per heavy atom. The van der Waals surface area contributed by atoms with Crippen molar-refractivity contribution in [2.75, 3.05) is 13.1 Å². The number of hydrogen-bond acceptors (Lipinski definition) is 4. The molecule has 0 unspecified atom stereocenters. The number of ether oxygens (including phenoxy) is 2. The van der Waals surface area contributed by atoms with E-state index in [1.807, 2.05) is 53.7 Å². The predicted octanol–water partition coefficient (Wildman–Crippen LogP) is 4.95. The number of nitrogens with zero attached hydrogens (tertiary/aromatic N) is 1. The van der Waals surface area contributed by atoms with E-state index in [0.717, 1.165) is 5.56 Å². The first-order chi connectivity index (χ1) is 13.0. The van der Waals surface area contributed by atoms with Gasteiger partial charge < -0.3 is 19.7 Å². The van der Waals surface area contributed by atoms with E-state index in [1.165, 1.54) is 5.56 Å². The topological polar surface area (TPSA) is 67.9 Å². The number of amides is 2. The minimum absolute atomic E-state index is 0.0342. The van der Waals surface area contributed by atoms with Gasteiger partial charge in [0.2, 0.25) is 0 Å². The van der Waals surface area contributed by atoms with E-state index >= 15 is 0 Å². The second-order valence-corrected chi connectivity index (χ2v) is 10.9. The Kier molecular flexibility index (Phi) is 5.99. The maximum absolute atomic E-state index is 12.5. The minimum Gasteiger partial charge on any atom is -0.444 e. The fourth-order valence-electron chi connectivity index (χ4n) is 3.18. The molecule has 0 bridgehead atoms. The van der Waals surface area contributed by atoms with Crippen LogP contribution in [0.5, 0.6) is 0 Å². The Morgan fingerprint density at radius 2 is 1.34 bits per heavy atom. The van der Waals surface area contributed by atoms with Crippen molar-refractivity contribution in [3.8, 4) is 0 Å². The number of nitrogens with one attached hydrogen (secondary N) is 1. The van der Waals surface area contributed by atoms with Crippen LogP contribution in [0, 0.1) is 0 Å². The third-order valence-corrected chi connectivity index (χ3v) is 4.62. The normalized spacial score (nSPS) is 16.7. The first-order valence-corrected chi connectivity index (χ1v) is 10.1. The second-order valence-electron chi connectivity index (χ2n) is 10.9. The van der Waals surface area contributed by atoms with E-state index in [-0.39, 0.29) is 11.5 Å². The summed E-state index contributed by atoms with van der Waals surface area (Å²) in [6, 6.07) is 8.18. The first kappa shape index (κ1) is 23.0. The fourth-order valence-corrected chi connectivity index (χ4v) is 3.18. The summed E-state index contributed by atoms with van der Waals surface area (Å²) < 4.78 is 10.9. The molecule has 6 nitrogen and oxygen atoms in total. The van der Waals surface area contributed by atoms with Gasteiger partial charge in [0.15, 0.2) is 0 Å². The number of carbonyl (C=O) groups is 2. The molecule has 2 rings (SSSR count). The van der Waals surface area contributed by atoms with Gasteiger partial charge in [-0.1, -0.05) is 45.0 Å². The molecule has 0 aromatic heterocycles. The lowest BCUT2D eigenvalue weighted by Crippen LogP contribution is -2.69. The number of alkyl carbamates (subject to hydrolysis) is 1. The molecule has 1 fully saturated rings. The largest absolute Gasteiger partial charge is 0.444 e. The van der Waals surface area contributed by atoms with Crippen LogP contribution in [0.3, 0.4) is 0 Å². The number of benzene rings is 1. The Morgan fingerprint density at radius 1 is 0.862 bits per heavy atom. The standard InChI is InChI=1S/C23H36N2O4/c1-20(2,3)16-10-12-17(13-11-16)23(24-18(26)28-21(4,5)6)14-25(15-23)19(27)29-22(7,8)9/h10-13H,14-15H2,1-9H3,(H,24,26). The zero-order chi connectivity index (χ0) is 22.3. The molecule has 2 amide bonds. The molecular formula is C23H36N2O4. The molecule has 0 saturated carbocycles. The third-order valence-electron chi connectivity index (χ3n) is 4.62. The van der Waals surface area contributed by atoms with E-state index in [1.54, 1.807) is 4.90 Å². The van der Waals surface area contributed by atoms with Gasteiger partial charge in [-0.3, -0.25) is 0 Å². The van der Waals surface area contributed by atoms with Gasteiger partial charge in [0.1, 0.15) is 16.7 Å². The highest BCUT2D eigenvalue weighted by Crippen LogP contribution is 2.35. The maximum atomic E-state index is 12.5. The van der Waals surface area contributed by atoms with Crippen LogP contribution in [-0.2, 0) is 20.4 Å². The van der Waals surface area contributed by atoms with Crippen LogP contribution in [-0.4, -0.2) is 41.4 Å². The van der Waals surface area contributed by atoms with E-state index in [2.05, 4.69) is 38.2 Å². The van der Waals surface area contributed by atoms with Crippen molar-refractivity contribution < 1.29 is 19.1 Å². The number of rotatable bonds is 2. The molecule has 1 N–H and O–H groups in total. The quantitative estimate of drug-likeness (QED) is 0.757. The van der Waals surface area contributed by atoms with Crippen molar-refractivity contribution in [1.82, 2.24) is 10.2 Å². The summed E-state index contributed by atoms with van der Waals surface area (Å²) in [5.41, 5.74) is 0.313. The Balaban J connectivity index is 2.24. The minimum atomic E-state index is -0.699. The average molecular weight is 405 g/mol. The third kappa shape index (κ3) is 6.12. The van der Waals surface area contributed by atoms with Crippen molar-refractivity contribution in [3.63, 3.8) is 0 Å².